The van der Waals surface area contributed by atoms with Gasteiger partial charge in [0.25, 0.3) is 0 Å². The number of alkyl halides is 3. The summed E-state index contributed by atoms with van der Waals surface area (Å²) in [4.78, 5) is 5.40. The zero-order valence-corrected chi connectivity index (χ0v) is 21.1. The summed E-state index contributed by atoms with van der Waals surface area (Å²) < 4.78 is 80.9. The van der Waals surface area contributed by atoms with Gasteiger partial charge in [0.2, 0.25) is 0 Å². The van der Waals surface area contributed by atoms with Crippen LogP contribution in [0.3, 0.4) is 0 Å². The summed E-state index contributed by atoms with van der Waals surface area (Å²) in [5, 5.41) is 23.6. The van der Waals surface area contributed by atoms with Gasteiger partial charge in [-0.1, -0.05) is 0 Å². The number of piperidine rings is 1. The Morgan fingerprint density at radius 3 is 2.56 bits per heavy atom. The zero-order chi connectivity index (χ0) is 27.7. The first-order valence-corrected chi connectivity index (χ1v) is 13.1. The number of aromatic nitrogens is 1. The molecule has 1 saturated carbocycles. The van der Waals surface area contributed by atoms with Crippen molar-refractivity contribution in [2.24, 2.45) is 0 Å². The Bertz CT molecular complexity index is 1230. The summed E-state index contributed by atoms with van der Waals surface area (Å²) in [7, 11) is 0. The molecule has 3 atom stereocenters. The van der Waals surface area contributed by atoms with Crippen molar-refractivity contribution in [3.8, 4) is 11.8 Å². The van der Waals surface area contributed by atoms with Crippen molar-refractivity contribution in [3.05, 3.63) is 52.7 Å². The van der Waals surface area contributed by atoms with Crippen LogP contribution in [0.2, 0.25) is 0 Å². The number of halogens is 5. The standard InChI is InChI=1S/C27H29F5N4O3/c28-17-10-19-15-3-6-18(7-4-15)38-13-22-21(34-26-16(12-33)5-8-23(35-26)27(30,31)32)2-1-9-36(22)24(37)14-39-25(19)20(29)11-17/h5,8,10-11,15,18,21-22,24,37H,1-4,6-7,9,13-14H2,(H,34,35)/t15?,18?,21-,22-,24?/m0/s1. The number of fused-ring (bicyclic) bond motifs is 5. The summed E-state index contributed by atoms with van der Waals surface area (Å²) in [5.74, 6) is -1.90. The molecule has 0 radical (unpaired) electrons. The van der Waals surface area contributed by atoms with E-state index in [0.717, 1.165) is 18.2 Å². The lowest BCUT2D eigenvalue weighted by atomic mass is 9.82. The monoisotopic (exact) mass is 552 g/mol. The number of nitriles is 1. The summed E-state index contributed by atoms with van der Waals surface area (Å²) >= 11 is 0. The van der Waals surface area contributed by atoms with Crippen LogP contribution in [-0.2, 0) is 10.9 Å². The number of hydrogen-bond acceptors (Lipinski definition) is 7. The smallest absolute Gasteiger partial charge is 0.433 e. The highest BCUT2D eigenvalue weighted by atomic mass is 19.4. The molecule has 2 N–H and O–H groups in total. The van der Waals surface area contributed by atoms with Crippen LogP contribution in [0.4, 0.5) is 27.8 Å². The molecular formula is C27H29F5N4O3. The highest BCUT2D eigenvalue weighted by Crippen LogP contribution is 2.41. The van der Waals surface area contributed by atoms with Crippen molar-refractivity contribution in [1.29, 1.82) is 5.26 Å². The van der Waals surface area contributed by atoms with Crippen LogP contribution in [0.15, 0.2) is 24.3 Å². The van der Waals surface area contributed by atoms with Crippen LogP contribution in [-0.4, -0.2) is 59.2 Å². The van der Waals surface area contributed by atoms with Crippen LogP contribution in [0, 0.1) is 23.0 Å². The van der Waals surface area contributed by atoms with Gasteiger partial charge in [-0.05, 0) is 62.6 Å². The third-order valence-electron chi connectivity index (χ3n) is 7.86. The Kier molecular flexibility index (Phi) is 7.94. The van der Waals surface area contributed by atoms with Gasteiger partial charge in [0.15, 0.2) is 11.6 Å². The van der Waals surface area contributed by atoms with E-state index >= 15 is 0 Å². The number of nitrogens with zero attached hydrogens (tertiary/aromatic N) is 3. The molecule has 1 unspecified atom stereocenters. The highest BCUT2D eigenvalue weighted by molar-refractivity contribution is 5.53. The minimum atomic E-state index is -4.68. The molecule has 4 aliphatic rings. The second kappa shape index (κ2) is 11.2. The molecule has 4 heterocycles. The molecule has 0 spiro atoms. The first kappa shape index (κ1) is 27.6. The SMILES string of the molecule is N#Cc1ccc(C(F)(F)F)nc1N[C@H]1CCCN2C(O)COc3c(F)cc(F)cc3C3CCC(CC3)OC[C@@H]12. The molecular weight excluding hydrogens is 523 g/mol. The quantitative estimate of drug-likeness (QED) is 0.510. The maximum absolute atomic E-state index is 14.8. The molecule has 0 amide bonds. The molecule has 1 saturated heterocycles. The minimum Gasteiger partial charge on any atom is -0.486 e. The number of aliphatic hydroxyl groups excluding tert-OH is 1. The van der Waals surface area contributed by atoms with Crippen molar-refractivity contribution in [2.75, 3.05) is 25.1 Å². The van der Waals surface area contributed by atoms with E-state index in [4.69, 9.17) is 9.47 Å². The Balaban J connectivity index is 1.44. The molecule has 12 heteroatoms. The van der Waals surface area contributed by atoms with E-state index in [0.29, 0.717) is 50.6 Å². The van der Waals surface area contributed by atoms with Gasteiger partial charge in [-0.15, -0.1) is 0 Å². The fourth-order valence-electron chi connectivity index (χ4n) is 5.89. The maximum atomic E-state index is 14.8. The summed E-state index contributed by atoms with van der Waals surface area (Å²) in [6, 6.07) is 4.76. The predicted octanol–water partition coefficient (Wildman–Crippen LogP) is 4.95. The maximum Gasteiger partial charge on any atom is 0.433 e. The number of nitrogens with one attached hydrogen (secondary N) is 1. The predicted molar refractivity (Wildman–Crippen MR) is 130 cm³/mol. The fraction of sp³-hybridized carbons (Fsp3) is 0.556. The first-order chi connectivity index (χ1) is 18.6. The Labute approximate surface area is 222 Å². The number of hydrogen-bond donors (Lipinski definition) is 2. The second-order valence-corrected chi connectivity index (χ2v) is 10.3. The van der Waals surface area contributed by atoms with E-state index in [2.05, 4.69) is 10.3 Å². The Morgan fingerprint density at radius 1 is 1.08 bits per heavy atom. The van der Waals surface area contributed by atoms with Crippen molar-refractivity contribution >= 4 is 5.82 Å². The van der Waals surface area contributed by atoms with Gasteiger partial charge in [-0.2, -0.15) is 18.4 Å². The molecule has 39 heavy (non-hydrogen) atoms. The number of pyridine rings is 1. The zero-order valence-electron chi connectivity index (χ0n) is 21.1. The molecule has 2 bridgehead atoms. The first-order valence-electron chi connectivity index (χ1n) is 13.1. The van der Waals surface area contributed by atoms with E-state index in [1.165, 1.54) is 6.07 Å². The number of ether oxygens (including phenoxy) is 2. The second-order valence-electron chi connectivity index (χ2n) is 10.3. The van der Waals surface area contributed by atoms with E-state index in [1.54, 1.807) is 4.90 Å². The van der Waals surface area contributed by atoms with E-state index in [9.17, 15) is 32.3 Å². The van der Waals surface area contributed by atoms with E-state index < -0.39 is 41.8 Å². The third kappa shape index (κ3) is 5.95. The molecule has 6 rings (SSSR count). The van der Waals surface area contributed by atoms with Crippen LogP contribution < -0.4 is 10.1 Å². The van der Waals surface area contributed by atoms with Crippen LogP contribution in [0.5, 0.6) is 5.75 Å². The molecule has 1 aromatic carbocycles. The fourth-order valence-corrected chi connectivity index (χ4v) is 5.89. The van der Waals surface area contributed by atoms with E-state index in [-0.39, 0.29) is 42.4 Å². The van der Waals surface area contributed by atoms with Gasteiger partial charge in [0, 0.05) is 24.2 Å². The third-order valence-corrected chi connectivity index (χ3v) is 7.86. The summed E-state index contributed by atoms with van der Waals surface area (Å²) in [6.07, 6.45) is -2.30. The van der Waals surface area contributed by atoms with Gasteiger partial charge in [0.05, 0.1) is 24.3 Å². The normalized spacial score (nSPS) is 28.1. The molecule has 3 aliphatic heterocycles. The molecule has 210 valence electrons. The van der Waals surface area contributed by atoms with Crippen molar-refractivity contribution in [3.63, 3.8) is 0 Å². The van der Waals surface area contributed by atoms with Crippen molar-refractivity contribution in [1.82, 2.24) is 9.88 Å². The molecule has 1 aliphatic carbocycles. The Morgan fingerprint density at radius 2 is 1.85 bits per heavy atom. The van der Waals surface area contributed by atoms with Crippen LogP contribution in [0.1, 0.15) is 61.3 Å². The molecule has 1 aromatic heterocycles. The summed E-state index contributed by atoms with van der Waals surface area (Å²) in [6.45, 7) is 0.297. The largest absolute Gasteiger partial charge is 0.486 e. The summed E-state index contributed by atoms with van der Waals surface area (Å²) in [5.41, 5.74) is -0.718. The number of aliphatic hydroxyl groups is 1. The lowest BCUT2D eigenvalue weighted by Gasteiger charge is -2.44. The lowest BCUT2D eigenvalue weighted by molar-refractivity contribution is -0.141. The van der Waals surface area contributed by atoms with Crippen LogP contribution in [0.25, 0.3) is 0 Å². The van der Waals surface area contributed by atoms with Crippen molar-refractivity contribution in [2.45, 2.75) is 75.0 Å². The highest BCUT2D eigenvalue weighted by Gasteiger charge is 2.39. The molecule has 7 nitrogen and oxygen atoms in total. The van der Waals surface area contributed by atoms with Gasteiger partial charge < -0.3 is 19.9 Å². The number of anilines is 1. The van der Waals surface area contributed by atoms with Crippen LogP contribution >= 0.6 is 0 Å². The van der Waals surface area contributed by atoms with Gasteiger partial charge >= 0.3 is 6.18 Å². The van der Waals surface area contributed by atoms with E-state index in [1.807, 2.05) is 6.07 Å². The van der Waals surface area contributed by atoms with Gasteiger partial charge in [-0.25, -0.2) is 13.8 Å². The number of benzene rings is 1. The van der Waals surface area contributed by atoms with Gasteiger partial charge in [-0.3, -0.25) is 4.90 Å². The Hall–Kier alpha value is -3.01. The molecule has 2 aromatic rings. The molecule has 2 fully saturated rings. The topological polar surface area (TPSA) is 90.6 Å². The lowest BCUT2D eigenvalue weighted by Crippen LogP contribution is -2.58. The van der Waals surface area contributed by atoms with Crippen molar-refractivity contribution < 1.29 is 36.5 Å². The minimum absolute atomic E-state index is 0.0350. The average molecular weight is 553 g/mol. The average Bonchev–Trinajstić information content (AvgIpc) is 2.92. The number of rotatable bonds is 2. The van der Waals surface area contributed by atoms with Gasteiger partial charge in [0.1, 0.15) is 36.2 Å².